The van der Waals surface area contributed by atoms with Gasteiger partial charge in [-0.1, -0.05) is 12.1 Å². The average molecular weight is 326 g/mol. The molecule has 0 aliphatic carbocycles. The number of anilines is 1. The van der Waals surface area contributed by atoms with E-state index in [2.05, 4.69) is 10.6 Å². The zero-order valence-corrected chi connectivity index (χ0v) is 13.0. The summed E-state index contributed by atoms with van der Waals surface area (Å²) in [6, 6.07) is 6.41. The SMILES string of the molecule is CC(=O)Nc1ccccc1OCC(=O)N[C@@H]1CCS(=O)(=O)C1. The normalized spacial score (nSPS) is 19.4. The number of carbonyl (C=O) groups is 2. The predicted molar refractivity (Wildman–Crippen MR) is 81.4 cm³/mol. The summed E-state index contributed by atoms with van der Waals surface area (Å²) in [5, 5.41) is 5.24. The van der Waals surface area contributed by atoms with Crippen LogP contribution in [0.4, 0.5) is 5.69 Å². The van der Waals surface area contributed by atoms with Crippen LogP contribution in [0.1, 0.15) is 13.3 Å². The lowest BCUT2D eigenvalue weighted by atomic mass is 10.2. The largest absolute Gasteiger partial charge is 0.482 e. The van der Waals surface area contributed by atoms with Crippen molar-refractivity contribution < 1.29 is 22.7 Å². The van der Waals surface area contributed by atoms with E-state index >= 15 is 0 Å². The summed E-state index contributed by atoms with van der Waals surface area (Å²) in [4.78, 5) is 22.9. The Morgan fingerprint density at radius 3 is 2.68 bits per heavy atom. The van der Waals surface area contributed by atoms with Gasteiger partial charge in [0.15, 0.2) is 16.4 Å². The number of hydrogen-bond acceptors (Lipinski definition) is 5. The van der Waals surface area contributed by atoms with Crippen molar-refractivity contribution in [3.63, 3.8) is 0 Å². The number of benzene rings is 1. The van der Waals surface area contributed by atoms with Gasteiger partial charge in [-0.05, 0) is 18.6 Å². The van der Waals surface area contributed by atoms with Crippen LogP contribution in [0.25, 0.3) is 0 Å². The third-order valence-electron chi connectivity index (χ3n) is 3.15. The second kappa shape index (κ2) is 6.78. The Morgan fingerprint density at radius 1 is 1.32 bits per heavy atom. The van der Waals surface area contributed by atoms with E-state index in [4.69, 9.17) is 4.74 Å². The Balaban J connectivity index is 1.88. The molecule has 0 unspecified atom stereocenters. The summed E-state index contributed by atoms with van der Waals surface area (Å²) < 4.78 is 28.0. The molecule has 1 fully saturated rings. The van der Waals surface area contributed by atoms with Crippen LogP contribution >= 0.6 is 0 Å². The van der Waals surface area contributed by atoms with Gasteiger partial charge in [0.05, 0.1) is 17.2 Å². The highest BCUT2D eigenvalue weighted by Crippen LogP contribution is 2.23. The summed E-state index contributed by atoms with van der Waals surface area (Å²) in [7, 11) is -3.03. The fourth-order valence-corrected chi connectivity index (χ4v) is 3.88. The van der Waals surface area contributed by atoms with Crippen LogP contribution in [-0.2, 0) is 19.4 Å². The quantitative estimate of drug-likeness (QED) is 0.812. The molecule has 22 heavy (non-hydrogen) atoms. The van der Waals surface area contributed by atoms with Crippen molar-refractivity contribution in [1.29, 1.82) is 0 Å². The van der Waals surface area contributed by atoms with Gasteiger partial charge in [0.2, 0.25) is 5.91 Å². The summed E-state index contributed by atoms with van der Waals surface area (Å²) >= 11 is 0. The Morgan fingerprint density at radius 2 is 2.05 bits per heavy atom. The lowest BCUT2D eigenvalue weighted by Gasteiger charge is -2.13. The number of hydrogen-bond donors (Lipinski definition) is 2. The first-order valence-electron chi connectivity index (χ1n) is 6.85. The highest BCUT2D eigenvalue weighted by molar-refractivity contribution is 7.91. The van der Waals surface area contributed by atoms with Gasteiger partial charge in [0.1, 0.15) is 5.75 Å². The van der Waals surface area contributed by atoms with Gasteiger partial charge < -0.3 is 15.4 Å². The maximum absolute atomic E-state index is 11.8. The maximum atomic E-state index is 11.8. The highest BCUT2D eigenvalue weighted by Gasteiger charge is 2.28. The number of amides is 2. The van der Waals surface area contributed by atoms with Gasteiger partial charge in [-0.15, -0.1) is 0 Å². The van der Waals surface area contributed by atoms with Gasteiger partial charge in [-0.2, -0.15) is 0 Å². The third kappa shape index (κ3) is 4.73. The molecule has 0 aromatic heterocycles. The van der Waals surface area contributed by atoms with Gasteiger partial charge in [-0.25, -0.2) is 8.42 Å². The number of para-hydroxylation sites is 2. The number of ether oxygens (including phenoxy) is 1. The minimum absolute atomic E-state index is 0.0266. The van der Waals surface area contributed by atoms with E-state index in [-0.39, 0.29) is 36.0 Å². The molecule has 2 N–H and O–H groups in total. The Labute approximate surface area is 129 Å². The molecule has 8 heteroatoms. The number of rotatable bonds is 5. The lowest BCUT2D eigenvalue weighted by molar-refractivity contribution is -0.123. The molecule has 0 radical (unpaired) electrons. The second-order valence-electron chi connectivity index (χ2n) is 5.13. The van der Waals surface area contributed by atoms with Crippen LogP contribution in [0, 0.1) is 0 Å². The van der Waals surface area contributed by atoms with Crippen molar-refractivity contribution in [3.05, 3.63) is 24.3 Å². The molecule has 1 aromatic carbocycles. The van der Waals surface area contributed by atoms with E-state index < -0.39 is 9.84 Å². The first-order chi connectivity index (χ1) is 10.4. The fraction of sp³-hybridized carbons (Fsp3) is 0.429. The number of carbonyl (C=O) groups excluding carboxylic acids is 2. The van der Waals surface area contributed by atoms with Crippen LogP contribution in [0.15, 0.2) is 24.3 Å². The van der Waals surface area contributed by atoms with Crippen LogP contribution in [0.3, 0.4) is 0 Å². The molecule has 2 rings (SSSR count). The van der Waals surface area contributed by atoms with Crippen LogP contribution in [0.2, 0.25) is 0 Å². The molecule has 7 nitrogen and oxygen atoms in total. The van der Waals surface area contributed by atoms with E-state index in [9.17, 15) is 18.0 Å². The smallest absolute Gasteiger partial charge is 0.258 e. The molecule has 1 aromatic rings. The van der Waals surface area contributed by atoms with Crippen molar-refractivity contribution in [2.75, 3.05) is 23.4 Å². The zero-order chi connectivity index (χ0) is 16.2. The second-order valence-corrected chi connectivity index (χ2v) is 7.36. The maximum Gasteiger partial charge on any atom is 0.258 e. The van der Waals surface area contributed by atoms with E-state index in [0.29, 0.717) is 17.9 Å². The fourth-order valence-electron chi connectivity index (χ4n) is 2.21. The zero-order valence-electron chi connectivity index (χ0n) is 12.2. The van der Waals surface area contributed by atoms with Crippen LogP contribution in [-0.4, -0.2) is 44.4 Å². The minimum atomic E-state index is -3.03. The molecule has 1 saturated heterocycles. The Kier molecular flexibility index (Phi) is 5.02. The van der Waals surface area contributed by atoms with Crippen molar-refractivity contribution in [3.8, 4) is 5.75 Å². The monoisotopic (exact) mass is 326 g/mol. The van der Waals surface area contributed by atoms with Gasteiger partial charge in [0, 0.05) is 13.0 Å². The summed E-state index contributed by atoms with van der Waals surface area (Å²) in [5.74, 6) is -0.172. The summed E-state index contributed by atoms with van der Waals surface area (Å²) in [6.45, 7) is 1.14. The molecule has 0 saturated carbocycles. The predicted octanol–water partition coefficient (Wildman–Crippen LogP) is 0.327. The molecule has 0 spiro atoms. The van der Waals surface area contributed by atoms with Crippen molar-refractivity contribution >= 4 is 27.3 Å². The van der Waals surface area contributed by atoms with Gasteiger partial charge in [0.25, 0.3) is 5.91 Å². The molecular weight excluding hydrogens is 308 g/mol. The first-order valence-corrected chi connectivity index (χ1v) is 8.67. The first kappa shape index (κ1) is 16.3. The summed E-state index contributed by atoms with van der Waals surface area (Å²) in [5.41, 5.74) is 0.478. The van der Waals surface area contributed by atoms with E-state index in [1.54, 1.807) is 24.3 Å². The number of nitrogens with one attached hydrogen (secondary N) is 2. The van der Waals surface area contributed by atoms with E-state index in [1.165, 1.54) is 6.92 Å². The molecular formula is C14H18N2O5S. The Hall–Kier alpha value is -2.09. The molecule has 120 valence electrons. The van der Waals surface area contributed by atoms with Gasteiger partial charge >= 0.3 is 0 Å². The molecule has 1 aliphatic heterocycles. The standard InChI is InChI=1S/C14H18N2O5S/c1-10(17)15-12-4-2-3-5-13(12)21-8-14(18)16-11-6-7-22(19,20)9-11/h2-5,11H,6-9H2,1H3,(H,15,17)(H,16,18)/t11-/m1/s1. The van der Waals surface area contributed by atoms with E-state index in [1.807, 2.05) is 0 Å². The topological polar surface area (TPSA) is 102 Å². The molecule has 1 heterocycles. The van der Waals surface area contributed by atoms with Crippen LogP contribution < -0.4 is 15.4 Å². The van der Waals surface area contributed by atoms with E-state index in [0.717, 1.165) is 0 Å². The summed E-state index contributed by atoms with van der Waals surface area (Å²) in [6.07, 6.45) is 0.427. The highest BCUT2D eigenvalue weighted by atomic mass is 32.2. The third-order valence-corrected chi connectivity index (χ3v) is 4.92. The number of sulfone groups is 1. The Bertz CT molecular complexity index is 672. The van der Waals surface area contributed by atoms with Crippen LogP contribution in [0.5, 0.6) is 5.75 Å². The lowest BCUT2D eigenvalue weighted by Crippen LogP contribution is -2.38. The van der Waals surface area contributed by atoms with Crippen molar-refractivity contribution in [1.82, 2.24) is 5.32 Å². The minimum Gasteiger partial charge on any atom is -0.482 e. The van der Waals surface area contributed by atoms with Gasteiger partial charge in [-0.3, -0.25) is 9.59 Å². The van der Waals surface area contributed by atoms with Crippen molar-refractivity contribution in [2.24, 2.45) is 0 Å². The average Bonchev–Trinajstić information content (AvgIpc) is 2.76. The van der Waals surface area contributed by atoms with Crippen molar-refractivity contribution in [2.45, 2.75) is 19.4 Å². The molecule has 2 amide bonds. The molecule has 1 atom stereocenters. The molecule has 1 aliphatic rings. The molecule has 0 bridgehead atoms.